The summed E-state index contributed by atoms with van der Waals surface area (Å²) in [6, 6.07) is 2.15. The lowest BCUT2D eigenvalue weighted by atomic mass is 9.77. The van der Waals surface area contributed by atoms with Crippen LogP contribution < -0.4 is 5.32 Å². The molecule has 0 unspecified atom stereocenters. The Morgan fingerprint density at radius 1 is 1.62 bits per heavy atom. The van der Waals surface area contributed by atoms with Crippen molar-refractivity contribution in [3.63, 3.8) is 0 Å². The third-order valence-corrected chi connectivity index (χ3v) is 3.33. The fraction of sp³-hybridized carbons (Fsp3) is 0.636. The van der Waals surface area contributed by atoms with Crippen molar-refractivity contribution in [3.05, 3.63) is 11.3 Å². The van der Waals surface area contributed by atoms with Crippen LogP contribution in [0.25, 0.3) is 0 Å². The molecule has 0 aliphatic heterocycles. The standard InChI is InChI=1S/C11H16N4O/c1-8-9(6-12)10(15(2)14-8)13-11(7-16)4-3-5-11/h13,16H,3-5,7H2,1-2H3. The number of rotatable bonds is 3. The van der Waals surface area contributed by atoms with Crippen LogP contribution in [0.15, 0.2) is 0 Å². The van der Waals surface area contributed by atoms with Gasteiger partial charge in [0.15, 0.2) is 0 Å². The first-order chi connectivity index (χ1) is 7.62. The first kappa shape index (κ1) is 11.0. The highest BCUT2D eigenvalue weighted by Crippen LogP contribution is 2.35. The van der Waals surface area contributed by atoms with Gasteiger partial charge in [0.1, 0.15) is 17.5 Å². The molecule has 0 radical (unpaired) electrons. The molecule has 0 spiro atoms. The van der Waals surface area contributed by atoms with E-state index in [2.05, 4.69) is 16.5 Å². The summed E-state index contributed by atoms with van der Waals surface area (Å²) in [5.41, 5.74) is 1.05. The highest BCUT2D eigenvalue weighted by atomic mass is 16.3. The number of nitrogens with one attached hydrogen (secondary N) is 1. The van der Waals surface area contributed by atoms with Crippen molar-refractivity contribution in [1.82, 2.24) is 9.78 Å². The molecule has 1 aliphatic carbocycles. The van der Waals surface area contributed by atoms with E-state index in [1.807, 2.05) is 6.92 Å². The fourth-order valence-electron chi connectivity index (χ4n) is 2.11. The van der Waals surface area contributed by atoms with Gasteiger partial charge in [-0.2, -0.15) is 10.4 Å². The number of hydrogen-bond acceptors (Lipinski definition) is 4. The number of aromatic nitrogens is 2. The quantitative estimate of drug-likeness (QED) is 0.794. The van der Waals surface area contributed by atoms with E-state index in [4.69, 9.17) is 5.26 Å². The number of nitriles is 1. The Morgan fingerprint density at radius 2 is 2.31 bits per heavy atom. The van der Waals surface area contributed by atoms with Crippen LogP contribution in [0, 0.1) is 18.3 Å². The van der Waals surface area contributed by atoms with E-state index >= 15 is 0 Å². The molecule has 1 aliphatic rings. The Kier molecular flexibility index (Phi) is 2.60. The van der Waals surface area contributed by atoms with Gasteiger partial charge in [0.25, 0.3) is 0 Å². The molecule has 2 rings (SSSR count). The van der Waals surface area contributed by atoms with E-state index in [0.717, 1.165) is 25.0 Å². The van der Waals surface area contributed by atoms with Crippen molar-refractivity contribution in [2.24, 2.45) is 7.05 Å². The predicted molar refractivity (Wildman–Crippen MR) is 60.0 cm³/mol. The first-order valence-corrected chi connectivity index (χ1v) is 5.44. The lowest BCUT2D eigenvalue weighted by Crippen LogP contribution is -2.48. The molecule has 5 heteroatoms. The molecule has 0 atom stereocenters. The van der Waals surface area contributed by atoms with Crippen molar-refractivity contribution in [3.8, 4) is 6.07 Å². The average molecular weight is 220 g/mol. The van der Waals surface area contributed by atoms with Gasteiger partial charge in [-0.25, -0.2) is 0 Å². The minimum Gasteiger partial charge on any atom is -0.394 e. The van der Waals surface area contributed by atoms with Crippen LogP contribution in [0.3, 0.4) is 0 Å². The maximum atomic E-state index is 9.38. The zero-order valence-corrected chi connectivity index (χ0v) is 9.62. The summed E-state index contributed by atoms with van der Waals surface area (Å²) in [6.07, 6.45) is 3.00. The highest BCUT2D eigenvalue weighted by molar-refractivity contribution is 5.56. The lowest BCUT2D eigenvalue weighted by molar-refractivity contribution is 0.143. The summed E-state index contributed by atoms with van der Waals surface area (Å²) in [6.45, 7) is 1.91. The SMILES string of the molecule is Cc1nn(C)c(NC2(CO)CCC2)c1C#N. The van der Waals surface area contributed by atoms with Gasteiger partial charge in [-0.3, -0.25) is 4.68 Å². The van der Waals surface area contributed by atoms with Crippen LogP contribution >= 0.6 is 0 Å². The van der Waals surface area contributed by atoms with E-state index in [1.165, 1.54) is 0 Å². The maximum absolute atomic E-state index is 9.38. The average Bonchev–Trinajstić information content (AvgIpc) is 2.47. The van der Waals surface area contributed by atoms with Gasteiger partial charge in [0.05, 0.1) is 17.8 Å². The lowest BCUT2D eigenvalue weighted by Gasteiger charge is -2.41. The van der Waals surface area contributed by atoms with E-state index in [9.17, 15) is 5.11 Å². The summed E-state index contributed by atoms with van der Waals surface area (Å²) in [5, 5.41) is 25.9. The Hall–Kier alpha value is -1.54. The molecular formula is C11H16N4O. The predicted octanol–water partition coefficient (Wildman–Crippen LogP) is 0.927. The van der Waals surface area contributed by atoms with Crippen LogP contribution in [-0.2, 0) is 7.05 Å². The monoisotopic (exact) mass is 220 g/mol. The molecule has 1 fully saturated rings. The van der Waals surface area contributed by atoms with E-state index < -0.39 is 0 Å². The van der Waals surface area contributed by atoms with Gasteiger partial charge in [-0.05, 0) is 26.2 Å². The second-order valence-electron chi connectivity index (χ2n) is 4.46. The van der Waals surface area contributed by atoms with Gasteiger partial charge in [0, 0.05) is 7.05 Å². The molecule has 0 saturated heterocycles. The van der Waals surface area contributed by atoms with Crippen molar-refractivity contribution < 1.29 is 5.11 Å². The Balaban J connectivity index is 2.31. The van der Waals surface area contributed by atoms with Gasteiger partial charge in [-0.15, -0.1) is 0 Å². The number of hydrogen-bond donors (Lipinski definition) is 2. The van der Waals surface area contributed by atoms with E-state index in [1.54, 1.807) is 11.7 Å². The molecule has 16 heavy (non-hydrogen) atoms. The largest absolute Gasteiger partial charge is 0.394 e. The van der Waals surface area contributed by atoms with Crippen LogP contribution in [0.1, 0.15) is 30.5 Å². The third kappa shape index (κ3) is 1.55. The van der Waals surface area contributed by atoms with E-state index in [-0.39, 0.29) is 12.1 Å². The molecule has 1 aromatic rings. The molecule has 1 saturated carbocycles. The fourth-order valence-corrected chi connectivity index (χ4v) is 2.11. The van der Waals surface area contributed by atoms with E-state index in [0.29, 0.717) is 11.4 Å². The third-order valence-electron chi connectivity index (χ3n) is 3.33. The number of aliphatic hydroxyl groups excluding tert-OH is 1. The van der Waals surface area contributed by atoms with Gasteiger partial charge >= 0.3 is 0 Å². The first-order valence-electron chi connectivity index (χ1n) is 5.44. The van der Waals surface area contributed by atoms with Crippen LogP contribution in [-0.4, -0.2) is 27.0 Å². The molecule has 0 amide bonds. The molecule has 1 heterocycles. The number of aliphatic hydroxyl groups is 1. The van der Waals surface area contributed by atoms with Gasteiger partial charge < -0.3 is 10.4 Å². The van der Waals surface area contributed by atoms with Crippen LogP contribution in [0.5, 0.6) is 0 Å². The molecule has 0 bridgehead atoms. The van der Waals surface area contributed by atoms with Crippen molar-refractivity contribution in [2.75, 3.05) is 11.9 Å². The number of nitrogens with zero attached hydrogens (tertiary/aromatic N) is 3. The van der Waals surface area contributed by atoms with Crippen molar-refractivity contribution in [2.45, 2.75) is 31.7 Å². The normalized spacial score (nSPS) is 17.6. The smallest absolute Gasteiger partial charge is 0.142 e. The molecule has 1 aromatic heterocycles. The summed E-state index contributed by atoms with van der Waals surface area (Å²) in [4.78, 5) is 0. The molecule has 86 valence electrons. The highest BCUT2D eigenvalue weighted by Gasteiger charge is 2.37. The number of aryl methyl sites for hydroxylation is 2. The summed E-state index contributed by atoms with van der Waals surface area (Å²) in [5.74, 6) is 0.716. The zero-order chi connectivity index (χ0) is 11.8. The Bertz CT molecular complexity index is 434. The Morgan fingerprint density at radius 3 is 2.75 bits per heavy atom. The molecule has 2 N–H and O–H groups in total. The summed E-state index contributed by atoms with van der Waals surface area (Å²) >= 11 is 0. The summed E-state index contributed by atoms with van der Waals surface area (Å²) in [7, 11) is 1.81. The minimum atomic E-state index is -0.244. The van der Waals surface area contributed by atoms with Gasteiger partial charge in [-0.1, -0.05) is 0 Å². The topological polar surface area (TPSA) is 73.9 Å². The molecule has 5 nitrogen and oxygen atoms in total. The van der Waals surface area contributed by atoms with Gasteiger partial charge in [0.2, 0.25) is 0 Å². The van der Waals surface area contributed by atoms with Crippen molar-refractivity contribution in [1.29, 1.82) is 5.26 Å². The van der Waals surface area contributed by atoms with Crippen molar-refractivity contribution >= 4 is 5.82 Å². The summed E-state index contributed by atoms with van der Waals surface area (Å²) < 4.78 is 1.67. The molecular weight excluding hydrogens is 204 g/mol. The maximum Gasteiger partial charge on any atom is 0.142 e. The molecule has 0 aromatic carbocycles. The number of anilines is 1. The van der Waals surface area contributed by atoms with Crippen LogP contribution in [0.2, 0.25) is 0 Å². The Labute approximate surface area is 94.7 Å². The minimum absolute atomic E-state index is 0.0993. The van der Waals surface area contributed by atoms with Crippen LogP contribution in [0.4, 0.5) is 5.82 Å². The second-order valence-corrected chi connectivity index (χ2v) is 4.46. The second kappa shape index (κ2) is 3.80. The zero-order valence-electron chi connectivity index (χ0n) is 9.62.